The van der Waals surface area contributed by atoms with Gasteiger partial charge in [0.15, 0.2) is 9.61 Å². The van der Waals surface area contributed by atoms with E-state index in [1.54, 1.807) is 11.3 Å². The van der Waals surface area contributed by atoms with Crippen LogP contribution in [-0.4, -0.2) is 16.1 Å². The zero-order chi connectivity index (χ0) is 12.7. The van der Waals surface area contributed by atoms with Gasteiger partial charge < -0.3 is 5.11 Å². The standard InChI is InChI=1S/C12H6BrNO2S2/c13-12-14-9(11(15)16)10(18-12)7-5-17-8-4-2-1-3-6(7)8/h1-5H,(H,15,16). The van der Waals surface area contributed by atoms with Gasteiger partial charge in [-0.15, -0.1) is 22.7 Å². The van der Waals surface area contributed by atoms with E-state index in [9.17, 15) is 9.90 Å². The van der Waals surface area contributed by atoms with Crippen molar-refractivity contribution >= 4 is 54.7 Å². The number of hydrogen-bond donors (Lipinski definition) is 1. The lowest BCUT2D eigenvalue weighted by atomic mass is 10.1. The lowest BCUT2D eigenvalue weighted by Crippen LogP contribution is -1.98. The Bertz CT molecular complexity index is 747. The summed E-state index contributed by atoms with van der Waals surface area (Å²) in [4.78, 5) is 15.9. The molecule has 0 aliphatic carbocycles. The molecule has 0 spiro atoms. The molecule has 6 heteroatoms. The van der Waals surface area contributed by atoms with Crippen LogP contribution in [-0.2, 0) is 0 Å². The summed E-state index contributed by atoms with van der Waals surface area (Å²) in [5.41, 5.74) is 1.05. The van der Waals surface area contributed by atoms with Gasteiger partial charge >= 0.3 is 5.97 Å². The van der Waals surface area contributed by atoms with Gasteiger partial charge in [-0.3, -0.25) is 0 Å². The van der Waals surface area contributed by atoms with Gasteiger partial charge in [-0.25, -0.2) is 9.78 Å². The third kappa shape index (κ3) is 1.86. The Hall–Kier alpha value is -1.24. The Morgan fingerprint density at radius 2 is 2.11 bits per heavy atom. The predicted molar refractivity (Wildman–Crippen MR) is 77.6 cm³/mol. The second kappa shape index (κ2) is 4.46. The van der Waals surface area contributed by atoms with Gasteiger partial charge in [-0.05, 0) is 22.0 Å². The molecule has 0 saturated heterocycles. The van der Waals surface area contributed by atoms with Gasteiger partial charge in [0, 0.05) is 21.0 Å². The summed E-state index contributed by atoms with van der Waals surface area (Å²) in [6, 6.07) is 7.96. The molecular weight excluding hydrogens is 334 g/mol. The summed E-state index contributed by atoms with van der Waals surface area (Å²) in [6.07, 6.45) is 0. The molecule has 0 aliphatic rings. The molecule has 1 aromatic carbocycles. The molecule has 0 atom stereocenters. The number of rotatable bonds is 2. The molecule has 0 unspecified atom stereocenters. The summed E-state index contributed by atoms with van der Waals surface area (Å²) in [6.45, 7) is 0. The number of thiazole rings is 1. The first-order valence-electron chi connectivity index (χ1n) is 5.03. The van der Waals surface area contributed by atoms with Crippen LogP contribution in [0.15, 0.2) is 33.6 Å². The van der Waals surface area contributed by atoms with E-state index in [1.165, 1.54) is 11.3 Å². The van der Waals surface area contributed by atoms with E-state index in [-0.39, 0.29) is 5.69 Å². The molecule has 0 aliphatic heterocycles. The number of fused-ring (bicyclic) bond motifs is 1. The number of carbonyl (C=O) groups is 1. The van der Waals surface area contributed by atoms with Crippen LogP contribution < -0.4 is 0 Å². The molecule has 90 valence electrons. The molecule has 2 aromatic heterocycles. The van der Waals surface area contributed by atoms with Crippen LogP contribution in [0, 0.1) is 0 Å². The highest BCUT2D eigenvalue weighted by atomic mass is 79.9. The fourth-order valence-corrected chi connectivity index (χ4v) is 4.28. The van der Waals surface area contributed by atoms with Crippen LogP contribution in [0.3, 0.4) is 0 Å². The van der Waals surface area contributed by atoms with Gasteiger partial charge in [-0.1, -0.05) is 18.2 Å². The Balaban J connectivity index is 2.29. The van der Waals surface area contributed by atoms with Gasteiger partial charge in [0.1, 0.15) is 0 Å². The van der Waals surface area contributed by atoms with Crippen LogP contribution in [0.1, 0.15) is 10.5 Å². The number of aromatic nitrogens is 1. The lowest BCUT2D eigenvalue weighted by molar-refractivity contribution is 0.0692. The smallest absolute Gasteiger partial charge is 0.356 e. The Morgan fingerprint density at radius 1 is 1.33 bits per heavy atom. The molecule has 0 saturated carbocycles. The van der Waals surface area contributed by atoms with Crippen molar-refractivity contribution in [2.45, 2.75) is 0 Å². The minimum atomic E-state index is -0.998. The number of nitrogens with zero attached hydrogens (tertiary/aromatic N) is 1. The van der Waals surface area contributed by atoms with Gasteiger partial charge in [0.2, 0.25) is 0 Å². The number of benzene rings is 1. The maximum atomic E-state index is 11.2. The number of carboxylic acids is 1. The van der Waals surface area contributed by atoms with Crippen molar-refractivity contribution in [3.63, 3.8) is 0 Å². The fourth-order valence-electron chi connectivity index (χ4n) is 1.78. The van der Waals surface area contributed by atoms with E-state index in [2.05, 4.69) is 20.9 Å². The fraction of sp³-hybridized carbons (Fsp3) is 0. The average molecular weight is 340 g/mol. The van der Waals surface area contributed by atoms with Crippen molar-refractivity contribution in [3.8, 4) is 10.4 Å². The molecule has 0 amide bonds. The van der Waals surface area contributed by atoms with E-state index in [1.807, 2.05) is 29.6 Å². The maximum absolute atomic E-state index is 11.2. The minimum Gasteiger partial charge on any atom is -0.476 e. The topological polar surface area (TPSA) is 50.2 Å². The maximum Gasteiger partial charge on any atom is 0.356 e. The Morgan fingerprint density at radius 3 is 2.89 bits per heavy atom. The summed E-state index contributed by atoms with van der Waals surface area (Å²) < 4.78 is 1.73. The van der Waals surface area contributed by atoms with Crippen LogP contribution >= 0.6 is 38.6 Å². The summed E-state index contributed by atoms with van der Waals surface area (Å²) in [7, 11) is 0. The Labute approximate surface area is 119 Å². The van der Waals surface area contributed by atoms with Crippen molar-refractivity contribution < 1.29 is 9.90 Å². The van der Waals surface area contributed by atoms with Gasteiger partial charge in [0.25, 0.3) is 0 Å². The highest BCUT2D eigenvalue weighted by Gasteiger charge is 2.20. The van der Waals surface area contributed by atoms with Crippen molar-refractivity contribution in [1.29, 1.82) is 0 Å². The number of carboxylic acid groups (broad SMARTS) is 1. The van der Waals surface area contributed by atoms with Gasteiger partial charge in [0.05, 0.1) is 4.88 Å². The van der Waals surface area contributed by atoms with Crippen molar-refractivity contribution in [1.82, 2.24) is 4.98 Å². The summed E-state index contributed by atoms with van der Waals surface area (Å²) in [5.74, 6) is -0.998. The first-order chi connectivity index (χ1) is 8.66. The van der Waals surface area contributed by atoms with Crippen molar-refractivity contribution in [2.24, 2.45) is 0 Å². The zero-order valence-corrected chi connectivity index (χ0v) is 12.1. The number of hydrogen-bond acceptors (Lipinski definition) is 4. The van der Waals surface area contributed by atoms with E-state index >= 15 is 0 Å². The van der Waals surface area contributed by atoms with Crippen LogP contribution in [0.5, 0.6) is 0 Å². The Kier molecular flexibility index (Phi) is 2.93. The number of halogens is 1. The summed E-state index contributed by atoms with van der Waals surface area (Å²) in [5, 5.41) is 12.2. The first-order valence-corrected chi connectivity index (χ1v) is 7.52. The van der Waals surface area contributed by atoms with Gasteiger partial charge in [-0.2, -0.15) is 0 Å². The summed E-state index contributed by atoms with van der Waals surface area (Å²) >= 11 is 6.20. The van der Waals surface area contributed by atoms with Crippen LogP contribution in [0.25, 0.3) is 20.5 Å². The molecule has 3 rings (SSSR count). The van der Waals surface area contributed by atoms with E-state index in [4.69, 9.17) is 0 Å². The molecule has 1 N–H and O–H groups in total. The quantitative estimate of drug-likeness (QED) is 0.748. The van der Waals surface area contributed by atoms with Crippen molar-refractivity contribution in [2.75, 3.05) is 0 Å². The molecule has 0 fully saturated rings. The second-order valence-corrected chi connectivity index (χ2v) is 6.78. The minimum absolute atomic E-state index is 0.107. The zero-order valence-electron chi connectivity index (χ0n) is 8.88. The highest BCUT2D eigenvalue weighted by Crippen LogP contribution is 2.40. The molecule has 2 heterocycles. The van der Waals surface area contributed by atoms with Crippen LogP contribution in [0.2, 0.25) is 0 Å². The van der Waals surface area contributed by atoms with Crippen molar-refractivity contribution in [3.05, 3.63) is 39.3 Å². The molecule has 0 radical (unpaired) electrons. The third-order valence-corrected chi connectivity index (χ3v) is 5.03. The molecular formula is C12H6BrNO2S2. The third-order valence-electron chi connectivity index (χ3n) is 2.53. The highest BCUT2D eigenvalue weighted by molar-refractivity contribution is 9.11. The predicted octanol–water partition coefficient (Wildman–Crippen LogP) is 4.49. The lowest BCUT2D eigenvalue weighted by Gasteiger charge is -1.96. The molecule has 0 bridgehead atoms. The average Bonchev–Trinajstić information content (AvgIpc) is 2.92. The van der Waals surface area contributed by atoms with E-state index in [0.29, 0.717) is 8.79 Å². The van der Waals surface area contributed by atoms with E-state index < -0.39 is 5.97 Å². The monoisotopic (exact) mass is 339 g/mol. The molecule has 18 heavy (non-hydrogen) atoms. The largest absolute Gasteiger partial charge is 0.476 e. The number of thiophene rings is 1. The SMILES string of the molecule is O=C(O)c1nc(Br)sc1-c1csc2ccccc12. The van der Waals surface area contributed by atoms with E-state index in [0.717, 1.165) is 15.6 Å². The molecule has 3 nitrogen and oxygen atoms in total. The number of aromatic carboxylic acids is 1. The normalized spacial score (nSPS) is 10.9. The van der Waals surface area contributed by atoms with Crippen LogP contribution in [0.4, 0.5) is 0 Å². The second-order valence-electron chi connectivity index (χ2n) is 3.60. The molecule has 3 aromatic rings. The first kappa shape index (κ1) is 11.8.